The topological polar surface area (TPSA) is 50.7 Å². The predicted octanol–water partition coefficient (Wildman–Crippen LogP) is 2.37. The van der Waals surface area contributed by atoms with Crippen LogP contribution in [0.5, 0.6) is 11.5 Å². The maximum absolute atomic E-state index is 9.41. The quantitative estimate of drug-likeness (QED) is 0.875. The second kappa shape index (κ2) is 5.80. The molecule has 104 valence electrons. The van der Waals surface area contributed by atoms with Gasteiger partial charge in [0.2, 0.25) is 0 Å². The molecule has 2 heterocycles. The molecular formula is C15H21NO3. The standard InChI is InChI=1S/C15H21NO3/c17-11-4-5-13-14(10-19-15(13)9-11)16-7-6-12-3-1-2-8-18-12/h4-5,9,12,14,16-17H,1-3,6-8,10H2. The Bertz CT molecular complexity index is 429. The molecule has 1 saturated heterocycles. The van der Waals surface area contributed by atoms with Crippen molar-refractivity contribution < 1.29 is 14.6 Å². The Hall–Kier alpha value is -1.26. The molecule has 3 rings (SSSR count). The highest BCUT2D eigenvalue weighted by atomic mass is 16.5. The van der Waals surface area contributed by atoms with Gasteiger partial charge in [0.25, 0.3) is 0 Å². The van der Waals surface area contributed by atoms with Gasteiger partial charge < -0.3 is 19.9 Å². The van der Waals surface area contributed by atoms with Crippen LogP contribution in [0.1, 0.15) is 37.3 Å². The second-order valence-corrected chi connectivity index (χ2v) is 5.32. The summed E-state index contributed by atoms with van der Waals surface area (Å²) in [4.78, 5) is 0. The number of nitrogens with one attached hydrogen (secondary N) is 1. The zero-order valence-corrected chi connectivity index (χ0v) is 11.1. The molecule has 19 heavy (non-hydrogen) atoms. The summed E-state index contributed by atoms with van der Waals surface area (Å²) in [6, 6.07) is 5.57. The summed E-state index contributed by atoms with van der Waals surface area (Å²) in [6.07, 6.45) is 5.16. The van der Waals surface area contributed by atoms with Crippen LogP contribution in [0.25, 0.3) is 0 Å². The Morgan fingerprint density at radius 2 is 2.26 bits per heavy atom. The highest BCUT2D eigenvalue weighted by molar-refractivity contribution is 5.44. The fraction of sp³-hybridized carbons (Fsp3) is 0.600. The third-order valence-electron chi connectivity index (χ3n) is 3.91. The largest absolute Gasteiger partial charge is 0.508 e. The number of benzene rings is 1. The van der Waals surface area contributed by atoms with Crippen LogP contribution < -0.4 is 10.1 Å². The molecule has 2 atom stereocenters. The van der Waals surface area contributed by atoms with Crippen molar-refractivity contribution >= 4 is 0 Å². The van der Waals surface area contributed by atoms with Gasteiger partial charge in [-0.2, -0.15) is 0 Å². The first-order chi connectivity index (χ1) is 9.33. The summed E-state index contributed by atoms with van der Waals surface area (Å²) in [5.74, 6) is 1.06. The zero-order chi connectivity index (χ0) is 13.1. The Kier molecular flexibility index (Phi) is 3.89. The van der Waals surface area contributed by atoms with Gasteiger partial charge >= 0.3 is 0 Å². The number of aromatic hydroxyl groups is 1. The van der Waals surface area contributed by atoms with Crippen LogP contribution in [0, 0.1) is 0 Å². The van der Waals surface area contributed by atoms with E-state index >= 15 is 0 Å². The van der Waals surface area contributed by atoms with Crippen LogP contribution in [-0.4, -0.2) is 31.0 Å². The molecule has 1 aromatic carbocycles. The van der Waals surface area contributed by atoms with Crippen LogP contribution in [0.4, 0.5) is 0 Å². The zero-order valence-electron chi connectivity index (χ0n) is 11.1. The molecule has 0 spiro atoms. The molecule has 2 aliphatic heterocycles. The van der Waals surface area contributed by atoms with Gasteiger partial charge in [0, 0.05) is 18.2 Å². The number of fused-ring (bicyclic) bond motifs is 1. The van der Waals surface area contributed by atoms with E-state index in [0.29, 0.717) is 12.7 Å². The molecule has 2 N–H and O–H groups in total. The van der Waals surface area contributed by atoms with Gasteiger partial charge in [-0.1, -0.05) is 0 Å². The molecule has 1 aromatic rings. The summed E-state index contributed by atoms with van der Waals surface area (Å²) in [5, 5.41) is 12.9. The summed E-state index contributed by atoms with van der Waals surface area (Å²) >= 11 is 0. The summed E-state index contributed by atoms with van der Waals surface area (Å²) in [7, 11) is 0. The number of ether oxygens (including phenoxy) is 2. The normalized spacial score (nSPS) is 25.9. The van der Waals surface area contributed by atoms with Crippen molar-refractivity contribution in [3.63, 3.8) is 0 Å². The van der Waals surface area contributed by atoms with Crippen LogP contribution in [0.15, 0.2) is 18.2 Å². The Morgan fingerprint density at radius 3 is 3.11 bits per heavy atom. The first kappa shape index (κ1) is 12.8. The van der Waals surface area contributed by atoms with E-state index in [1.165, 1.54) is 19.3 Å². The van der Waals surface area contributed by atoms with E-state index in [9.17, 15) is 5.11 Å². The third-order valence-corrected chi connectivity index (χ3v) is 3.91. The van der Waals surface area contributed by atoms with Gasteiger partial charge in [-0.15, -0.1) is 0 Å². The highest BCUT2D eigenvalue weighted by Crippen LogP contribution is 2.34. The lowest BCUT2D eigenvalue weighted by atomic mass is 10.1. The minimum atomic E-state index is 0.235. The van der Waals surface area contributed by atoms with E-state index in [1.807, 2.05) is 6.07 Å². The van der Waals surface area contributed by atoms with Gasteiger partial charge in [-0.3, -0.25) is 0 Å². The average molecular weight is 263 g/mol. The van der Waals surface area contributed by atoms with Crippen LogP contribution in [-0.2, 0) is 4.74 Å². The first-order valence-corrected chi connectivity index (χ1v) is 7.13. The highest BCUT2D eigenvalue weighted by Gasteiger charge is 2.24. The molecule has 0 saturated carbocycles. The van der Waals surface area contributed by atoms with Crippen molar-refractivity contribution in [3.05, 3.63) is 23.8 Å². The minimum absolute atomic E-state index is 0.235. The molecule has 4 heteroatoms. The third kappa shape index (κ3) is 3.01. The SMILES string of the molecule is Oc1ccc2c(c1)OCC2NCCC1CCCCO1. The smallest absolute Gasteiger partial charge is 0.127 e. The lowest BCUT2D eigenvalue weighted by Gasteiger charge is -2.23. The van der Waals surface area contributed by atoms with E-state index in [2.05, 4.69) is 5.32 Å². The second-order valence-electron chi connectivity index (χ2n) is 5.32. The van der Waals surface area contributed by atoms with Crippen LogP contribution in [0.3, 0.4) is 0 Å². The fourth-order valence-corrected chi connectivity index (χ4v) is 2.82. The molecule has 0 bridgehead atoms. The maximum atomic E-state index is 9.41. The van der Waals surface area contributed by atoms with E-state index in [-0.39, 0.29) is 11.8 Å². The number of hydrogen-bond acceptors (Lipinski definition) is 4. The number of hydrogen-bond donors (Lipinski definition) is 2. The predicted molar refractivity (Wildman–Crippen MR) is 72.6 cm³/mol. The summed E-state index contributed by atoms with van der Waals surface area (Å²) in [5.41, 5.74) is 1.14. The molecule has 2 aliphatic rings. The minimum Gasteiger partial charge on any atom is -0.508 e. The monoisotopic (exact) mass is 263 g/mol. The molecule has 0 aliphatic carbocycles. The van der Waals surface area contributed by atoms with E-state index in [4.69, 9.17) is 9.47 Å². The van der Waals surface area contributed by atoms with E-state index in [1.54, 1.807) is 12.1 Å². The van der Waals surface area contributed by atoms with Crippen molar-refractivity contribution in [2.45, 2.75) is 37.8 Å². The van der Waals surface area contributed by atoms with Gasteiger partial charge in [0.05, 0.1) is 12.1 Å². The van der Waals surface area contributed by atoms with Gasteiger partial charge in [0.15, 0.2) is 0 Å². The summed E-state index contributed by atoms with van der Waals surface area (Å²) < 4.78 is 11.3. The lowest BCUT2D eigenvalue weighted by Crippen LogP contribution is -2.28. The van der Waals surface area contributed by atoms with Crippen molar-refractivity contribution in [2.75, 3.05) is 19.8 Å². The van der Waals surface area contributed by atoms with Crippen molar-refractivity contribution in [3.8, 4) is 11.5 Å². The van der Waals surface area contributed by atoms with Crippen molar-refractivity contribution in [1.82, 2.24) is 5.32 Å². The first-order valence-electron chi connectivity index (χ1n) is 7.13. The molecule has 0 radical (unpaired) electrons. The average Bonchev–Trinajstić information content (AvgIpc) is 2.82. The molecule has 2 unspecified atom stereocenters. The van der Waals surface area contributed by atoms with Crippen LogP contribution >= 0.6 is 0 Å². The Balaban J connectivity index is 1.49. The van der Waals surface area contributed by atoms with Gasteiger partial charge in [0.1, 0.15) is 18.1 Å². The molecule has 0 amide bonds. The van der Waals surface area contributed by atoms with Crippen LogP contribution in [0.2, 0.25) is 0 Å². The Morgan fingerprint density at radius 1 is 1.32 bits per heavy atom. The molecular weight excluding hydrogens is 242 g/mol. The maximum Gasteiger partial charge on any atom is 0.127 e. The molecule has 4 nitrogen and oxygen atoms in total. The Labute approximate surface area is 113 Å². The van der Waals surface area contributed by atoms with Crippen molar-refractivity contribution in [1.29, 1.82) is 0 Å². The van der Waals surface area contributed by atoms with Gasteiger partial charge in [-0.05, 0) is 44.4 Å². The number of rotatable bonds is 4. The van der Waals surface area contributed by atoms with Gasteiger partial charge in [-0.25, -0.2) is 0 Å². The number of phenols is 1. The molecule has 0 aromatic heterocycles. The molecule has 1 fully saturated rings. The van der Waals surface area contributed by atoms with E-state index < -0.39 is 0 Å². The fourth-order valence-electron chi connectivity index (χ4n) is 2.82. The lowest BCUT2D eigenvalue weighted by molar-refractivity contribution is 0.0111. The van der Waals surface area contributed by atoms with E-state index in [0.717, 1.165) is 30.9 Å². The number of phenolic OH excluding ortho intramolecular Hbond substituents is 1. The van der Waals surface area contributed by atoms with Crippen molar-refractivity contribution in [2.24, 2.45) is 0 Å². The summed E-state index contributed by atoms with van der Waals surface area (Å²) in [6.45, 7) is 2.50.